The largest absolute Gasteiger partial charge is 0.352 e. The first-order chi connectivity index (χ1) is 7.65. The van der Waals surface area contributed by atoms with E-state index in [1.54, 1.807) is 0 Å². The van der Waals surface area contributed by atoms with E-state index in [0.29, 0.717) is 12.6 Å². The molecular weight excluding hydrogens is 220 g/mol. The van der Waals surface area contributed by atoms with E-state index in [9.17, 15) is 0 Å². The van der Waals surface area contributed by atoms with Crippen LogP contribution in [-0.2, 0) is 13.6 Å². The SMILES string of the molecule is Cc1nn(C)c(N2CCSCC2C)c1CN. The Kier molecular flexibility index (Phi) is 3.44. The molecule has 90 valence electrons. The van der Waals surface area contributed by atoms with Gasteiger partial charge < -0.3 is 10.6 Å². The zero-order valence-corrected chi connectivity index (χ0v) is 11.0. The summed E-state index contributed by atoms with van der Waals surface area (Å²) in [7, 11) is 2.01. The lowest BCUT2D eigenvalue weighted by molar-refractivity contribution is 0.645. The van der Waals surface area contributed by atoms with Crippen LogP contribution in [0.1, 0.15) is 18.2 Å². The lowest BCUT2D eigenvalue weighted by Crippen LogP contribution is -2.42. The topological polar surface area (TPSA) is 47.1 Å². The van der Waals surface area contributed by atoms with Gasteiger partial charge in [0.2, 0.25) is 0 Å². The molecule has 0 saturated carbocycles. The van der Waals surface area contributed by atoms with Gasteiger partial charge >= 0.3 is 0 Å². The molecular formula is C11H20N4S. The van der Waals surface area contributed by atoms with E-state index in [0.717, 1.165) is 12.2 Å². The van der Waals surface area contributed by atoms with Crippen LogP contribution in [0.2, 0.25) is 0 Å². The summed E-state index contributed by atoms with van der Waals surface area (Å²) >= 11 is 2.02. The Morgan fingerprint density at radius 3 is 2.94 bits per heavy atom. The van der Waals surface area contributed by atoms with Crippen LogP contribution in [0.25, 0.3) is 0 Å². The zero-order valence-electron chi connectivity index (χ0n) is 10.2. The van der Waals surface area contributed by atoms with Crippen molar-refractivity contribution in [3.05, 3.63) is 11.3 Å². The van der Waals surface area contributed by atoms with Crippen molar-refractivity contribution < 1.29 is 0 Å². The minimum Gasteiger partial charge on any atom is -0.352 e. The Morgan fingerprint density at radius 1 is 1.56 bits per heavy atom. The molecule has 5 heteroatoms. The van der Waals surface area contributed by atoms with Crippen LogP contribution < -0.4 is 10.6 Å². The van der Waals surface area contributed by atoms with Crippen molar-refractivity contribution in [3.63, 3.8) is 0 Å². The number of hydrogen-bond donors (Lipinski definition) is 1. The number of aryl methyl sites for hydroxylation is 2. The number of nitrogens with zero attached hydrogens (tertiary/aromatic N) is 3. The molecule has 2 rings (SSSR count). The summed E-state index contributed by atoms with van der Waals surface area (Å²) in [5.41, 5.74) is 8.09. The highest BCUT2D eigenvalue weighted by atomic mass is 32.2. The zero-order chi connectivity index (χ0) is 11.7. The number of anilines is 1. The van der Waals surface area contributed by atoms with Crippen molar-refractivity contribution in [2.75, 3.05) is 23.0 Å². The smallest absolute Gasteiger partial charge is 0.131 e. The monoisotopic (exact) mass is 240 g/mol. The van der Waals surface area contributed by atoms with Crippen LogP contribution in [0.3, 0.4) is 0 Å². The summed E-state index contributed by atoms with van der Waals surface area (Å²) in [6.45, 7) is 5.98. The third kappa shape index (κ3) is 1.94. The predicted molar refractivity (Wildman–Crippen MR) is 70.0 cm³/mol. The number of rotatable bonds is 2. The fourth-order valence-electron chi connectivity index (χ4n) is 2.33. The van der Waals surface area contributed by atoms with E-state index >= 15 is 0 Å². The molecule has 16 heavy (non-hydrogen) atoms. The molecule has 0 aromatic carbocycles. The van der Waals surface area contributed by atoms with Gasteiger partial charge in [-0.25, -0.2) is 0 Å². The summed E-state index contributed by atoms with van der Waals surface area (Å²) in [6, 6.07) is 0.568. The standard InChI is InChI=1S/C11H20N4S/c1-8-7-16-5-4-15(8)11-10(6-12)9(2)13-14(11)3/h8H,4-7,12H2,1-3H3. The highest BCUT2D eigenvalue weighted by Gasteiger charge is 2.25. The maximum absolute atomic E-state index is 5.83. The average molecular weight is 240 g/mol. The Balaban J connectivity index is 2.37. The Morgan fingerprint density at radius 2 is 2.31 bits per heavy atom. The number of nitrogens with two attached hydrogens (primary N) is 1. The van der Waals surface area contributed by atoms with E-state index in [1.807, 2.05) is 30.4 Å². The molecule has 4 nitrogen and oxygen atoms in total. The van der Waals surface area contributed by atoms with Gasteiger partial charge in [-0.05, 0) is 13.8 Å². The van der Waals surface area contributed by atoms with E-state index in [-0.39, 0.29) is 0 Å². The van der Waals surface area contributed by atoms with Gasteiger partial charge in [-0.1, -0.05) is 0 Å². The average Bonchev–Trinajstić information content (AvgIpc) is 2.54. The first-order valence-electron chi connectivity index (χ1n) is 5.72. The molecule has 0 aliphatic carbocycles. The van der Waals surface area contributed by atoms with Crippen LogP contribution in [-0.4, -0.2) is 33.9 Å². The molecule has 0 spiro atoms. The predicted octanol–water partition coefficient (Wildman–Crippen LogP) is 1.13. The van der Waals surface area contributed by atoms with Crippen LogP contribution in [0, 0.1) is 6.92 Å². The van der Waals surface area contributed by atoms with Gasteiger partial charge in [0.15, 0.2) is 0 Å². The van der Waals surface area contributed by atoms with E-state index in [2.05, 4.69) is 16.9 Å². The summed E-state index contributed by atoms with van der Waals surface area (Å²) in [6.07, 6.45) is 0. The Hall–Kier alpha value is -0.680. The first-order valence-corrected chi connectivity index (χ1v) is 6.87. The minimum absolute atomic E-state index is 0.568. The Bertz CT molecular complexity index is 374. The summed E-state index contributed by atoms with van der Waals surface area (Å²) in [4.78, 5) is 2.44. The second-order valence-electron chi connectivity index (χ2n) is 4.33. The molecule has 2 N–H and O–H groups in total. The fourth-order valence-corrected chi connectivity index (χ4v) is 3.34. The van der Waals surface area contributed by atoms with Crippen LogP contribution in [0.4, 0.5) is 5.82 Å². The molecule has 1 aromatic rings. The van der Waals surface area contributed by atoms with Crippen molar-refractivity contribution in [2.45, 2.75) is 26.4 Å². The molecule has 1 aromatic heterocycles. The molecule has 0 radical (unpaired) electrons. The number of hydrogen-bond acceptors (Lipinski definition) is 4. The highest BCUT2D eigenvalue weighted by molar-refractivity contribution is 7.99. The maximum Gasteiger partial charge on any atom is 0.131 e. The molecule has 0 amide bonds. The molecule has 1 fully saturated rings. The van der Waals surface area contributed by atoms with Crippen LogP contribution in [0.5, 0.6) is 0 Å². The third-order valence-corrected chi connectivity index (χ3v) is 4.35. The van der Waals surface area contributed by atoms with Crippen molar-refractivity contribution >= 4 is 17.6 Å². The lowest BCUT2D eigenvalue weighted by atomic mass is 10.2. The molecule has 1 unspecified atom stereocenters. The van der Waals surface area contributed by atoms with Gasteiger partial charge in [0.25, 0.3) is 0 Å². The fraction of sp³-hybridized carbons (Fsp3) is 0.727. The molecule has 1 aliphatic rings. The third-order valence-electron chi connectivity index (χ3n) is 3.16. The quantitative estimate of drug-likeness (QED) is 0.842. The minimum atomic E-state index is 0.568. The second-order valence-corrected chi connectivity index (χ2v) is 5.48. The summed E-state index contributed by atoms with van der Waals surface area (Å²) < 4.78 is 1.98. The lowest BCUT2D eigenvalue weighted by Gasteiger charge is -2.35. The van der Waals surface area contributed by atoms with Gasteiger partial charge in [-0.3, -0.25) is 4.68 Å². The van der Waals surface area contributed by atoms with Crippen LogP contribution in [0.15, 0.2) is 0 Å². The van der Waals surface area contributed by atoms with Crippen molar-refractivity contribution in [1.29, 1.82) is 0 Å². The van der Waals surface area contributed by atoms with Crippen molar-refractivity contribution in [2.24, 2.45) is 12.8 Å². The van der Waals surface area contributed by atoms with Crippen molar-refractivity contribution in [3.8, 4) is 0 Å². The number of thioether (sulfide) groups is 1. The molecule has 1 saturated heterocycles. The summed E-state index contributed by atoms with van der Waals surface area (Å²) in [5, 5.41) is 4.48. The normalized spacial score (nSPS) is 21.5. The van der Waals surface area contributed by atoms with Crippen molar-refractivity contribution in [1.82, 2.24) is 9.78 Å². The molecule has 1 atom stereocenters. The second kappa shape index (κ2) is 4.67. The van der Waals surface area contributed by atoms with Gasteiger partial charge in [0.1, 0.15) is 5.82 Å². The molecule has 2 heterocycles. The van der Waals surface area contributed by atoms with E-state index in [4.69, 9.17) is 5.73 Å². The Labute approximate surface area is 101 Å². The maximum atomic E-state index is 5.83. The van der Waals surface area contributed by atoms with E-state index in [1.165, 1.54) is 22.9 Å². The van der Waals surface area contributed by atoms with Gasteiger partial charge in [-0.2, -0.15) is 16.9 Å². The van der Waals surface area contributed by atoms with Gasteiger partial charge in [-0.15, -0.1) is 0 Å². The van der Waals surface area contributed by atoms with E-state index < -0.39 is 0 Å². The number of aromatic nitrogens is 2. The first kappa shape index (κ1) is 11.8. The molecule has 0 bridgehead atoms. The summed E-state index contributed by atoms with van der Waals surface area (Å²) in [5.74, 6) is 3.60. The van der Waals surface area contributed by atoms with Crippen LogP contribution >= 0.6 is 11.8 Å². The van der Waals surface area contributed by atoms with Gasteiger partial charge in [0.05, 0.1) is 5.69 Å². The highest BCUT2D eigenvalue weighted by Crippen LogP contribution is 2.28. The molecule has 1 aliphatic heterocycles. The van der Waals surface area contributed by atoms with Gasteiger partial charge in [0, 0.05) is 43.2 Å².